The van der Waals surface area contributed by atoms with Crippen LogP contribution in [0.1, 0.15) is 37.4 Å². The maximum Gasteiger partial charge on any atom is 0.0303 e. The molecule has 2 rings (SSSR count). The summed E-state index contributed by atoms with van der Waals surface area (Å²) < 4.78 is 0. The second kappa shape index (κ2) is 7.51. The van der Waals surface area contributed by atoms with Gasteiger partial charge in [0.05, 0.1) is 0 Å². The molecule has 0 radical (unpaired) electrons. The molecule has 106 valence electrons. The van der Waals surface area contributed by atoms with E-state index in [-0.39, 0.29) is 0 Å². The molecule has 0 fully saturated rings. The summed E-state index contributed by atoms with van der Waals surface area (Å²) in [5, 5.41) is 3.57. The highest BCUT2D eigenvalue weighted by Gasteiger charge is 2.10. The van der Waals surface area contributed by atoms with Crippen LogP contribution in [0.2, 0.25) is 0 Å². The normalized spacial score (nSPS) is 12.3. The first-order chi connectivity index (χ1) is 9.70. The zero-order valence-corrected chi connectivity index (χ0v) is 13.3. The molecule has 0 spiro atoms. The van der Waals surface area contributed by atoms with Gasteiger partial charge in [-0.25, -0.2) is 0 Å². The third-order valence-electron chi connectivity index (χ3n) is 3.30. The fourth-order valence-corrected chi connectivity index (χ4v) is 3.36. The van der Waals surface area contributed by atoms with E-state index < -0.39 is 0 Å². The van der Waals surface area contributed by atoms with Crippen molar-refractivity contribution in [3.63, 3.8) is 0 Å². The van der Waals surface area contributed by atoms with E-state index in [1.807, 2.05) is 11.8 Å². The lowest BCUT2D eigenvalue weighted by Crippen LogP contribution is -2.19. The summed E-state index contributed by atoms with van der Waals surface area (Å²) in [6, 6.07) is 17.8. The Labute approximate surface area is 126 Å². The summed E-state index contributed by atoms with van der Waals surface area (Å²) in [7, 11) is 0. The molecule has 0 bridgehead atoms. The van der Waals surface area contributed by atoms with E-state index in [9.17, 15) is 0 Å². The fraction of sp³-hybridized carbons (Fsp3) is 0.333. The minimum Gasteiger partial charge on any atom is -0.310 e. The van der Waals surface area contributed by atoms with Gasteiger partial charge in [-0.2, -0.15) is 0 Å². The molecule has 0 aliphatic heterocycles. The molecule has 2 aromatic rings. The van der Waals surface area contributed by atoms with Crippen LogP contribution in [0.4, 0.5) is 0 Å². The van der Waals surface area contributed by atoms with E-state index in [1.165, 1.54) is 20.9 Å². The molecular weight excluding hydrogens is 262 g/mol. The summed E-state index contributed by atoms with van der Waals surface area (Å²) in [5.41, 5.74) is 2.69. The van der Waals surface area contributed by atoms with Crippen LogP contribution in [-0.4, -0.2) is 6.54 Å². The maximum atomic E-state index is 3.57. The predicted octanol–water partition coefficient (Wildman–Crippen LogP) is 5.21. The Bertz CT molecular complexity index is 551. The largest absolute Gasteiger partial charge is 0.310 e. The van der Waals surface area contributed by atoms with Crippen LogP contribution in [0.5, 0.6) is 0 Å². The quantitative estimate of drug-likeness (QED) is 0.782. The highest BCUT2D eigenvalue weighted by atomic mass is 32.2. The monoisotopic (exact) mass is 285 g/mol. The average Bonchev–Trinajstić information content (AvgIpc) is 2.45. The Morgan fingerprint density at radius 2 is 1.90 bits per heavy atom. The second-order valence-electron chi connectivity index (χ2n) is 5.13. The molecule has 1 nitrogen and oxygen atoms in total. The number of benzene rings is 2. The third kappa shape index (κ3) is 4.12. The first-order valence-corrected chi connectivity index (χ1v) is 8.09. The summed E-state index contributed by atoms with van der Waals surface area (Å²) in [6.45, 7) is 7.64. The molecule has 0 saturated carbocycles. The Morgan fingerprint density at radius 1 is 1.10 bits per heavy atom. The van der Waals surface area contributed by atoms with Crippen LogP contribution in [0.15, 0.2) is 58.3 Å². The fourth-order valence-electron chi connectivity index (χ4n) is 2.21. The Kier molecular flexibility index (Phi) is 5.69. The van der Waals surface area contributed by atoms with Gasteiger partial charge in [0.1, 0.15) is 0 Å². The Hall–Kier alpha value is -1.25. The van der Waals surface area contributed by atoms with Crippen LogP contribution in [0.3, 0.4) is 0 Å². The SMILES string of the molecule is CCCNC(C)c1ccccc1Sc1cccc(C)c1. The molecule has 0 aromatic heterocycles. The second-order valence-corrected chi connectivity index (χ2v) is 6.25. The lowest BCUT2D eigenvalue weighted by atomic mass is 10.1. The van der Waals surface area contributed by atoms with Gasteiger partial charge in [0, 0.05) is 15.8 Å². The summed E-state index contributed by atoms with van der Waals surface area (Å²) in [4.78, 5) is 2.65. The van der Waals surface area contributed by atoms with Crippen molar-refractivity contribution in [2.45, 2.75) is 43.0 Å². The van der Waals surface area contributed by atoms with Crippen LogP contribution >= 0.6 is 11.8 Å². The molecule has 1 unspecified atom stereocenters. The molecule has 0 saturated heterocycles. The van der Waals surface area contributed by atoms with Gasteiger partial charge >= 0.3 is 0 Å². The lowest BCUT2D eigenvalue weighted by molar-refractivity contribution is 0.564. The van der Waals surface area contributed by atoms with Crippen molar-refractivity contribution in [1.82, 2.24) is 5.32 Å². The zero-order chi connectivity index (χ0) is 14.4. The minimum absolute atomic E-state index is 0.392. The van der Waals surface area contributed by atoms with Crippen LogP contribution < -0.4 is 5.32 Å². The van der Waals surface area contributed by atoms with Gasteiger partial charge < -0.3 is 5.32 Å². The number of aryl methyl sites for hydroxylation is 1. The Balaban J connectivity index is 2.19. The van der Waals surface area contributed by atoms with E-state index in [0.29, 0.717) is 6.04 Å². The van der Waals surface area contributed by atoms with Crippen molar-refractivity contribution in [2.24, 2.45) is 0 Å². The van der Waals surface area contributed by atoms with Crippen molar-refractivity contribution >= 4 is 11.8 Å². The smallest absolute Gasteiger partial charge is 0.0303 e. The molecule has 20 heavy (non-hydrogen) atoms. The van der Waals surface area contributed by atoms with E-state index in [2.05, 4.69) is 74.6 Å². The summed E-state index contributed by atoms with van der Waals surface area (Å²) in [5.74, 6) is 0. The molecule has 0 heterocycles. The van der Waals surface area contributed by atoms with E-state index in [1.54, 1.807) is 0 Å². The first kappa shape index (κ1) is 15.1. The molecule has 1 N–H and O–H groups in total. The molecule has 0 aliphatic rings. The topological polar surface area (TPSA) is 12.0 Å². The molecule has 1 atom stereocenters. The van der Waals surface area contributed by atoms with Crippen molar-refractivity contribution in [3.8, 4) is 0 Å². The first-order valence-electron chi connectivity index (χ1n) is 7.27. The number of rotatable bonds is 6. The molecule has 0 aliphatic carbocycles. The highest BCUT2D eigenvalue weighted by molar-refractivity contribution is 7.99. The summed E-state index contributed by atoms with van der Waals surface area (Å²) in [6.07, 6.45) is 1.16. The van der Waals surface area contributed by atoms with Gasteiger partial charge in [-0.3, -0.25) is 0 Å². The molecule has 0 amide bonds. The zero-order valence-electron chi connectivity index (χ0n) is 12.5. The molecular formula is C18H23NS. The van der Waals surface area contributed by atoms with Crippen LogP contribution in [0, 0.1) is 6.92 Å². The van der Waals surface area contributed by atoms with Gasteiger partial charge in [0.25, 0.3) is 0 Å². The van der Waals surface area contributed by atoms with Crippen molar-refractivity contribution in [1.29, 1.82) is 0 Å². The third-order valence-corrected chi connectivity index (χ3v) is 4.38. The number of hydrogen-bond acceptors (Lipinski definition) is 2. The van der Waals surface area contributed by atoms with E-state index in [4.69, 9.17) is 0 Å². The molecule has 2 heteroatoms. The van der Waals surface area contributed by atoms with Crippen molar-refractivity contribution in [2.75, 3.05) is 6.54 Å². The standard InChI is InChI=1S/C18H23NS/c1-4-12-19-15(3)17-10-5-6-11-18(17)20-16-9-7-8-14(2)13-16/h5-11,13,15,19H,4,12H2,1-3H3. The van der Waals surface area contributed by atoms with Gasteiger partial charge in [-0.1, -0.05) is 54.6 Å². The van der Waals surface area contributed by atoms with E-state index in [0.717, 1.165) is 13.0 Å². The van der Waals surface area contributed by atoms with Gasteiger partial charge in [0.2, 0.25) is 0 Å². The average molecular weight is 285 g/mol. The summed E-state index contributed by atoms with van der Waals surface area (Å²) >= 11 is 1.85. The molecule has 2 aromatic carbocycles. The lowest BCUT2D eigenvalue weighted by Gasteiger charge is -2.17. The van der Waals surface area contributed by atoms with Crippen molar-refractivity contribution < 1.29 is 0 Å². The van der Waals surface area contributed by atoms with E-state index >= 15 is 0 Å². The van der Waals surface area contributed by atoms with Gasteiger partial charge in [-0.05, 0) is 50.6 Å². The van der Waals surface area contributed by atoms with Gasteiger partial charge in [0.15, 0.2) is 0 Å². The predicted molar refractivity (Wildman–Crippen MR) is 88.5 cm³/mol. The maximum absolute atomic E-state index is 3.57. The number of nitrogens with one attached hydrogen (secondary N) is 1. The van der Waals surface area contributed by atoms with Crippen LogP contribution in [-0.2, 0) is 0 Å². The Morgan fingerprint density at radius 3 is 2.65 bits per heavy atom. The van der Waals surface area contributed by atoms with Crippen LogP contribution in [0.25, 0.3) is 0 Å². The minimum atomic E-state index is 0.392. The highest BCUT2D eigenvalue weighted by Crippen LogP contribution is 2.33. The van der Waals surface area contributed by atoms with Gasteiger partial charge in [-0.15, -0.1) is 0 Å². The van der Waals surface area contributed by atoms with Crippen molar-refractivity contribution in [3.05, 3.63) is 59.7 Å². The number of hydrogen-bond donors (Lipinski definition) is 1.